The van der Waals surface area contributed by atoms with E-state index in [2.05, 4.69) is 63.5 Å². The molecule has 1 aliphatic rings. The van der Waals surface area contributed by atoms with Crippen molar-refractivity contribution in [2.24, 2.45) is 45.5 Å². The largest absolute Gasteiger partial charge is 0.508 e. The molecule has 3 rings (SSSR count). The zero-order chi connectivity index (χ0) is 73.9. The Balaban J connectivity index is 1.85. The maximum atomic E-state index is 14.6. The van der Waals surface area contributed by atoms with E-state index in [1.54, 1.807) is 50.4 Å². The van der Waals surface area contributed by atoms with Crippen LogP contribution >= 0.6 is 11.8 Å². The number of thioether (sulfide) groups is 1. The van der Waals surface area contributed by atoms with Gasteiger partial charge in [0, 0.05) is 32.4 Å². The van der Waals surface area contributed by atoms with E-state index in [9.17, 15) is 82.4 Å². The molecule has 36 heteroatoms. The number of phenols is 1. The lowest BCUT2D eigenvalue weighted by atomic mass is 10.00. The lowest BCUT2D eigenvalue weighted by molar-refractivity contribution is -0.141. The molecule has 0 saturated carbocycles. The SMILES string of the molecule is CSCC[C@@H](NC(=O)CNC(=O)[C@H](CO)NC(=O)[C@H]1CCCN1C(=O)[C@@H](N)CO)C(=O)N[C@@H](CCC(N)=O)C(=O)N[C@@H](CCCN=C(N)N)C(=O)N[C@@H](CC(C)C)C(=O)N[C@@H](Cc1ccc(O)cc1)C(=O)NCC(=O)N[C@@H](Cc1ccccc1)C(=O)NCC(=O)N[C@@H](CC(C)C)C(N)=O. The number of nitrogens with one attached hydrogen (secondary N) is 11. The van der Waals surface area contributed by atoms with E-state index in [1.165, 1.54) is 36.0 Å². The number of amides is 14. The van der Waals surface area contributed by atoms with E-state index in [0.717, 1.165) is 4.90 Å². The Labute approximate surface area is 577 Å². The zero-order valence-electron chi connectivity index (χ0n) is 56.3. The monoisotopic (exact) mass is 1410 g/mol. The van der Waals surface area contributed by atoms with Gasteiger partial charge < -0.3 is 107 Å². The first kappa shape index (κ1) is 83.5. The maximum Gasteiger partial charge on any atom is 0.245 e. The van der Waals surface area contributed by atoms with Crippen LogP contribution in [0, 0.1) is 11.8 Å². The van der Waals surface area contributed by atoms with Crippen LogP contribution in [0.2, 0.25) is 0 Å². The molecule has 0 bridgehead atoms. The number of aliphatic hydroxyl groups is 2. The number of carbonyl (C=O) groups is 14. The van der Waals surface area contributed by atoms with Gasteiger partial charge in [-0.2, -0.15) is 11.8 Å². The lowest BCUT2D eigenvalue weighted by Crippen LogP contribution is -2.60. The topological polar surface area (TPSA) is 578 Å². The summed E-state index contributed by atoms with van der Waals surface area (Å²) >= 11 is 1.28. The lowest BCUT2D eigenvalue weighted by Gasteiger charge is -2.28. The van der Waals surface area contributed by atoms with Crippen LogP contribution in [0.15, 0.2) is 59.6 Å². The Hall–Kier alpha value is -9.68. The number of guanidine groups is 1. The van der Waals surface area contributed by atoms with Crippen molar-refractivity contribution in [3.8, 4) is 5.75 Å². The number of aliphatic imine (C=N–C) groups is 1. The summed E-state index contributed by atoms with van der Waals surface area (Å²) in [6, 6.07) is 0.449. The highest BCUT2D eigenvalue weighted by atomic mass is 32.2. The van der Waals surface area contributed by atoms with Gasteiger partial charge in [-0.1, -0.05) is 70.2 Å². The van der Waals surface area contributed by atoms with Gasteiger partial charge in [0.25, 0.3) is 0 Å². The number of phenolic OH excluding ortho intramolecular Hbond substituents is 1. The van der Waals surface area contributed by atoms with Gasteiger partial charge in [-0.15, -0.1) is 0 Å². The average Bonchev–Trinajstić information content (AvgIpc) is 1.77. The molecule has 0 aliphatic carbocycles. The predicted octanol–water partition coefficient (Wildman–Crippen LogP) is -6.64. The van der Waals surface area contributed by atoms with Gasteiger partial charge in [-0.25, -0.2) is 0 Å². The smallest absolute Gasteiger partial charge is 0.245 e. The van der Waals surface area contributed by atoms with E-state index in [-0.39, 0.29) is 93.8 Å². The van der Waals surface area contributed by atoms with Crippen LogP contribution in [0.1, 0.15) is 96.6 Å². The summed E-state index contributed by atoms with van der Waals surface area (Å²) in [5.41, 5.74) is 28.8. The first-order valence-electron chi connectivity index (χ1n) is 32.3. The van der Waals surface area contributed by atoms with Crippen molar-refractivity contribution in [2.75, 3.05) is 57.9 Å². The number of aromatic hydroxyl groups is 1. The minimum Gasteiger partial charge on any atom is -0.508 e. The molecule has 1 fully saturated rings. The van der Waals surface area contributed by atoms with Gasteiger partial charge >= 0.3 is 0 Å². The fraction of sp³-hybridized carbons (Fsp3) is 0.571. The number of primary amides is 2. The van der Waals surface area contributed by atoms with E-state index >= 15 is 0 Å². The first-order chi connectivity index (χ1) is 46.8. The van der Waals surface area contributed by atoms with Crippen LogP contribution in [-0.2, 0) is 80.0 Å². The summed E-state index contributed by atoms with van der Waals surface area (Å²) in [5, 5.41) is 56.9. The molecule has 1 aliphatic heterocycles. The second kappa shape index (κ2) is 43.6. The fourth-order valence-corrected chi connectivity index (χ4v) is 10.6. The maximum absolute atomic E-state index is 14.6. The highest BCUT2D eigenvalue weighted by molar-refractivity contribution is 7.98. The number of likely N-dealkylation sites (tertiary alicyclic amines) is 1. The molecule has 10 atom stereocenters. The Bertz CT molecular complexity index is 3110. The van der Waals surface area contributed by atoms with Crippen LogP contribution in [-0.4, -0.2) is 227 Å². The summed E-state index contributed by atoms with van der Waals surface area (Å²) in [4.78, 5) is 194. The molecule has 0 spiro atoms. The molecule has 0 radical (unpaired) electrons. The summed E-state index contributed by atoms with van der Waals surface area (Å²) < 4.78 is 0. The van der Waals surface area contributed by atoms with Crippen LogP contribution in [0.3, 0.4) is 0 Å². The van der Waals surface area contributed by atoms with E-state index < -0.39 is 189 Å². The van der Waals surface area contributed by atoms with Gasteiger partial charge in [0.2, 0.25) is 82.7 Å². The first-order valence-corrected chi connectivity index (χ1v) is 33.7. The molecular formula is C63H98N18O17S. The van der Waals surface area contributed by atoms with Crippen LogP contribution < -0.4 is 87.2 Å². The Morgan fingerprint density at radius 2 is 1.00 bits per heavy atom. The van der Waals surface area contributed by atoms with Crippen molar-refractivity contribution in [1.82, 2.24) is 63.4 Å². The van der Waals surface area contributed by atoms with Crippen molar-refractivity contribution in [3.63, 3.8) is 0 Å². The molecular weight excluding hydrogens is 1310 g/mol. The summed E-state index contributed by atoms with van der Waals surface area (Å²) in [6.07, 6.45) is 1.08. The average molecular weight is 1410 g/mol. The third-order valence-electron chi connectivity index (χ3n) is 15.3. The van der Waals surface area contributed by atoms with Gasteiger partial charge in [-0.3, -0.25) is 72.1 Å². The Morgan fingerprint density at radius 3 is 1.49 bits per heavy atom. The standard InChI is InChI=1S/C63H98N18O17S/c1-34(2)25-43(53(66)89)74-51(87)30-70-54(90)45(27-36-11-7-6-8-12-36)75-52(88)31-71-55(91)46(28-37-15-17-38(84)18-16-37)79-60(96)44(26-35(3)4)78-57(93)40(13-9-22-69-63(67)68)76-58(94)41(19-20-49(65)85)77-59(95)42(21-24-99-5)73-50(86)29-72-56(92)47(33-83)80-61(97)48-14-10-23-81(48)62(98)39(64)32-82/h6-8,11-12,15-18,34-35,39-48,82-84H,9-10,13-14,19-33,64H2,1-5H3,(H2,65,85)(H2,66,89)(H,70,90)(H,71,91)(H,72,92)(H,73,86)(H,74,87)(H,75,88)(H,76,94)(H,77,95)(H,78,93)(H,79,96)(H,80,97)(H4,67,68,69)/t39-,40-,41-,42+,43-,44-,45-,46-,47-,48+/m0/s1. The number of hydrogen-bond donors (Lipinski definition) is 19. The zero-order valence-corrected chi connectivity index (χ0v) is 57.1. The van der Waals surface area contributed by atoms with Crippen molar-refractivity contribution in [1.29, 1.82) is 0 Å². The van der Waals surface area contributed by atoms with Crippen molar-refractivity contribution in [2.45, 2.75) is 159 Å². The summed E-state index contributed by atoms with van der Waals surface area (Å²) in [7, 11) is 0. The number of nitrogens with two attached hydrogens (primary N) is 5. The molecule has 1 saturated heterocycles. The number of aliphatic hydroxyl groups excluding tert-OH is 2. The molecule has 2 aromatic carbocycles. The molecule has 24 N–H and O–H groups in total. The number of carbonyl (C=O) groups excluding carboxylic acids is 14. The summed E-state index contributed by atoms with van der Waals surface area (Å²) in [6.45, 7) is 3.50. The van der Waals surface area contributed by atoms with Crippen LogP contribution in [0.5, 0.6) is 5.75 Å². The Morgan fingerprint density at radius 1 is 0.545 bits per heavy atom. The highest BCUT2D eigenvalue weighted by Crippen LogP contribution is 2.19. The second-order valence-electron chi connectivity index (χ2n) is 24.4. The molecule has 1 heterocycles. The molecule has 0 unspecified atom stereocenters. The molecule has 548 valence electrons. The van der Waals surface area contributed by atoms with E-state index in [4.69, 9.17) is 28.7 Å². The van der Waals surface area contributed by atoms with Crippen molar-refractivity contribution >= 4 is 100 Å². The fourth-order valence-electron chi connectivity index (χ4n) is 10.1. The number of rotatable bonds is 44. The second-order valence-corrected chi connectivity index (χ2v) is 25.4. The highest BCUT2D eigenvalue weighted by Gasteiger charge is 2.39. The predicted molar refractivity (Wildman–Crippen MR) is 363 cm³/mol. The van der Waals surface area contributed by atoms with Gasteiger partial charge in [0.15, 0.2) is 5.96 Å². The number of hydrogen-bond acceptors (Lipinski definition) is 20. The van der Waals surface area contributed by atoms with Gasteiger partial charge in [-0.05, 0) is 98.5 Å². The van der Waals surface area contributed by atoms with E-state index in [0.29, 0.717) is 17.5 Å². The molecule has 99 heavy (non-hydrogen) atoms. The van der Waals surface area contributed by atoms with Crippen molar-refractivity contribution < 1.29 is 82.4 Å². The van der Waals surface area contributed by atoms with Crippen LogP contribution in [0.25, 0.3) is 0 Å². The normalized spacial score (nSPS) is 15.3. The minimum atomic E-state index is -1.62. The third kappa shape index (κ3) is 31.2. The third-order valence-corrected chi connectivity index (χ3v) is 15.9. The molecule has 35 nitrogen and oxygen atoms in total. The number of benzene rings is 2. The van der Waals surface area contributed by atoms with Crippen molar-refractivity contribution in [3.05, 3.63) is 65.7 Å². The molecule has 14 amide bonds. The Kier molecular flexibility index (Phi) is 36.8. The van der Waals surface area contributed by atoms with E-state index in [1.807, 2.05) is 13.8 Å². The molecule has 2 aromatic rings. The number of nitrogens with zero attached hydrogens (tertiary/aromatic N) is 2. The van der Waals surface area contributed by atoms with Crippen LogP contribution in [0.4, 0.5) is 0 Å². The van der Waals surface area contributed by atoms with Gasteiger partial charge in [0.05, 0.1) is 32.8 Å². The van der Waals surface area contributed by atoms with Gasteiger partial charge in [0.1, 0.15) is 66.2 Å². The quantitative estimate of drug-likeness (QED) is 0.0167. The minimum absolute atomic E-state index is 0.00317. The summed E-state index contributed by atoms with van der Waals surface area (Å²) in [5.74, 6) is -12.7. The molecule has 0 aromatic heterocycles.